The molecule has 0 atom stereocenters. The third-order valence-corrected chi connectivity index (χ3v) is 2.37. The Morgan fingerprint density at radius 1 is 1.58 bits per heavy atom. The highest BCUT2D eigenvalue weighted by Crippen LogP contribution is 2.21. The first-order chi connectivity index (χ1) is 5.59. The van der Waals surface area contributed by atoms with Gasteiger partial charge in [0.25, 0.3) is 0 Å². The van der Waals surface area contributed by atoms with Crippen LogP contribution in [0.4, 0.5) is 5.69 Å². The van der Waals surface area contributed by atoms with Crippen molar-refractivity contribution in [2.24, 2.45) is 0 Å². The number of nitrogens with one attached hydrogen (secondary N) is 1. The molecule has 2 nitrogen and oxygen atoms in total. The number of hydrogen-bond donors (Lipinski definition) is 1. The van der Waals surface area contributed by atoms with Crippen LogP contribution >= 0.6 is 34.2 Å². The molecule has 0 aromatic heterocycles. The Morgan fingerprint density at radius 2 is 2.25 bits per heavy atom. The third-order valence-electron chi connectivity index (χ3n) is 1.24. The van der Waals surface area contributed by atoms with Crippen molar-refractivity contribution >= 4 is 45.8 Å². The lowest BCUT2D eigenvalue weighted by molar-refractivity contribution is -0.114. The average molecular weight is 296 g/mol. The van der Waals surface area contributed by atoms with E-state index in [1.54, 1.807) is 18.2 Å². The van der Waals surface area contributed by atoms with Gasteiger partial charge in [0, 0.05) is 15.5 Å². The Hall–Kier alpha value is -0.290. The van der Waals surface area contributed by atoms with Gasteiger partial charge in [-0.05, 0) is 40.8 Å². The van der Waals surface area contributed by atoms with Gasteiger partial charge < -0.3 is 5.32 Å². The molecule has 0 heterocycles. The van der Waals surface area contributed by atoms with Crippen molar-refractivity contribution in [1.82, 2.24) is 0 Å². The van der Waals surface area contributed by atoms with Gasteiger partial charge in [-0.1, -0.05) is 11.6 Å². The Labute approximate surface area is 89.4 Å². The van der Waals surface area contributed by atoms with Gasteiger partial charge in [-0.2, -0.15) is 0 Å². The van der Waals surface area contributed by atoms with Crippen LogP contribution in [0, 0.1) is 3.57 Å². The van der Waals surface area contributed by atoms with Crippen molar-refractivity contribution < 1.29 is 4.79 Å². The van der Waals surface area contributed by atoms with E-state index in [4.69, 9.17) is 11.6 Å². The van der Waals surface area contributed by atoms with Crippen LogP contribution < -0.4 is 5.32 Å². The maximum Gasteiger partial charge on any atom is 0.221 e. The van der Waals surface area contributed by atoms with Gasteiger partial charge in [0.2, 0.25) is 5.91 Å². The standard InChI is InChI=1S/C8H7ClINO/c1-5(12)11-8-3-2-6(9)4-7(8)10/h2-4H,1H3,(H,11,12). The zero-order chi connectivity index (χ0) is 9.14. The van der Waals surface area contributed by atoms with E-state index in [1.165, 1.54) is 6.92 Å². The predicted octanol–water partition coefficient (Wildman–Crippen LogP) is 2.90. The molecular weight excluding hydrogens is 288 g/mol. The van der Waals surface area contributed by atoms with E-state index in [2.05, 4.69) is 27.9 Å². The first-order valence-electron chi connectivity index (χ1n) is 3.32. The van der Waals surface area contributed by atoms with E-state index in [0.29, 0.717) is 5.02 Å². The van der Waals surface area contributed by atoms with Crippen molar-refractivity contribution in [2.75, 3.05) is 5.32 Å². The molecule has 0 bridgehead atoms. The van der Waals surface area contributed by atoms with Crippen LogP contribution in [0.15, 0.2) is 18.2 Å². The van der Waals surface area contributed by atoms with E-state index in [0.717, 1.165) is 9.26 Å². The van der Waals surface area contributed by atoms with Gasteiger partial charge in [-0.25, -0.2) is 0 Å². The quantitative estimate of drug-likeness (QED) is 0.793. The van der Waals surface area contributed by atoms with Crippen molar-refractivity contribution in [3.8, 4) is 0 Å². The lowest BCUT2D eigenvalue weighted by atomic mass is 10.3. The number of carbonyl (C=O) groups excluding carboxylic acids is 1. The van der Waals surface area contributed by atoms with Crippen LogP contribution in [0.1, 0.15) is 6.92 Å². The fourth-order valence-corrected chi connectivity index (χ4v) is 1.79. The zero-order valence-corrected chi connectivity index (χ0v) is 9.31. The van der Waals surface area contributed by atoms with E-state index >= 15 is 0 Å². The highest BCUT2D eigenvalue weighted by atomic mass is 127. The first kappa shape index (κ1) is 9.80. The minimum absolute atomic E-state index is 0.0739. The minimum atomic E-state index is -0.0739. The molecule has 0 spiro atoms. The second kappa shape index (κ2) is 4.09. The van der Waals surface area contributed by atoms with Gasteiger partial charge in [-0.15, -0.1) is 0 Å². The molecule has 1 amide bonds. The Balaban J connectivity index is 2.93. The van der Waals surface area contributed by atoms with Crippen LogP contribution in [0.5, 0.6) is 0 Å². The van der Waals surface area contributed by atoms with Crippen LogP contribution in [0.2, 0.25) is 5.02 Å². The highest BCUT2D eigenvalue weighted by molar-refractivity contribution is 14.1. The van der Waals surface area contributed by atoms with Crippen molar-refractivity contribution in [2.45, 2.75) is 6.92 Å². The van der Waals surface area contributed by atoms with E-state index in [-0.39, 0.29) is 5.91 Å². The number of halogens is 2. The monoisotopic (exact) mass is 295 g/mol. The van der Waals surface area contributed by atoms with E-state index in [1.807, 2.05) is 0 Å². The summed E-state index contributed by atoms with van der Waals surface area (Å²) in [4.78, 5) is 10.7. The van der Waals surface area contributed by atoms with E-state index in [9.17, 15) is 4.79 Å². The summed E-state index contributed by atoms with van der Waals surface area (Å²) in [5, 5.41) is 3.37. The summed E-state index contributed by atoms with van der Waals surface area (Å²) in [5.41, 5.74) is 0.799. The van der Waals surface area contributed by atoms with Crippen LogP contribution in [-0.2, 0) is 4.79 Å². The molecule has 0 aliphatic heterocycles. The van der Waals surface area contributed by atoms with Crippen molar-refractivity contribution in [3.63, 3.8) is 0 Å². The van der Waals surface area contributed by atoms with E-state index < -0.39 is 0 Å². The van der Waals surface area contributed by atoms with Crippen LogP contribution in [0.25, 0.3) is 0 Å². The molecule has 4 heteroatoms. The molecule has 0 unspecified atom stereocenters. The van der Waals surface area contributed by atoms with Crippen molar-refractivity contribution in [1.29, 1.82) is 0 Å². The van der Waals surface area contributed by atoms with Crippen LogP contribution in [-0.4, -0.2) is 5.91 Å². The van der Waals surface area contributed by atoms with Crippen LogP contribution in [0.3, 0.4) is 0 Å². The SMILES string of the molecule is CC(=O)Nc1ccc(Cl)cc1I. The fraction of sp³-hybridized carbons (Fsp3) is 0.125. The van der Waals surface area contributed by atoms with Gasteiger partial charge in [-0.3, -0.25) is 4.79 Å². The molecule has 0 saturated carbocycles. The molecular formula is C8H7ClINO. The Bertz CT molecular complexity index is 314. The molecule has 0 fully saturated rings. The second-order valence-corrected chi connectivity index (χ2v) is 3.90. The summed E-state index contributed by atoms with van der Waals surface area (Å²) in [6.07, 6.45) is 0. The van der Waals surface area contributed by atoms with Gasteiger partial charge >= 0.3 is 0 Å². The zero-order valence-electron chi connectivity index (χ0n) is 6.40. The smallest absolute Gasteiger partial charge is 0.221 e. The topological polar surface area (TPSA) is 29.1 Å². The molecule has 0 saturated heterocycles. The maximum atomic E-state index is 10.7. The second-order valence-electron chi connectivity index (χ2n) is 2.31. The molecule has 1 rings (SSSR count). The lowest BCUT2D eigenvalue weighted by Crippen LogP contribution is -2.06. The Kier molecular flexibility index (Phi) is 3.34. The molecule has 0 aliphatic rings. The highest BCUT2D eigenvalue weighted by Gasteiger charge is 2.00. The molecule has 1 N–H and O–H groups in total. The summed E-state index contributed by atoms with van der Waals surface area (Å²) in [6, 6.07) is 5.33. The largest absolute Gasteiger partial charge is 0.325 e. The number of hydrogen-bond acceptors (Lipinski definition) is 1. The first-order valence-corrected chi connectivity index (χ1v) is 4.78. The van der Waals surface area contributed by atoms with Gasteiger partial charge in [0.15, 0.2) is 0 Å². The summed E-state index contributed by atoms with van der Waals surface area (Å²) >= 11 is 7.86. The summed E-state index contributed by atoms with van der Waals surface area (Å²) in [5.74, 6) is -0.0739. The molecule has 1 aromatic rings. The lowest BCUT2D eigenvalue weighted by Gasteiger charge is -2.04. The molecule has 12 heavy (non-hydrogen) atoms. The van der Waals surface area contributed by atoms with Gasteiger partial charge in [0.1, 0.15) is 0 Å². The maximum absolute atomic E-state index is 10.7. The summed E-state index contributed by atoms with van der Waals surface area (Å²) in [7, 11) is 0. The number of carbonyl (C=O) groups is 1. The third kappa shape index (κ3) is 2.64. The number of benzene rings is 1. The number of rotatable bonds is 1. The number of amides is 1. The van der Waals surface area contributed by atoms with Crippen molar-refractivity contribution in [3.05, 3.63) is 26.8 Å². The predicted molar refractivity (Wildman–Crippen MR) is 58.5 cm³/mol. The fourth-order valence-electron chi connectivity index (χ4n) is 0.780. The normalized spacial score (nSPS) is 9.58. The van der Waals surface area contributed by atoms with Gasteiger partial charge in [0.05, 0.1) is 5.69 Å². The number of anilines is 1. The molecule has 1 aromatic carbocycles. The average Bonchev–Trinajstić information content (AvgIpc) is 1.94. The minimum Gasteiger partial charge on any atom is -0.325 e. The summed E-state index contributed by atoms with van der Waals surface area (Å²) < 4.78 is 0.940. The molecule has 0 aliphatic carbocycles. The summed E-state index contributed by atoms with van der Waals surface area (Å²) in [6.45, 7) is 1.48. The molecule has 0 radical (unpaired) electrons. The Morgan fingerprint density at radius 3 is 2.75 bits per heavy atom. The molecule has 64 valence electrons.